The topological polar surface area (TPSA) is 46.4 Å². The fourth-order valence-corrected chi connectivity index (χ4v) is 3.92. The largest absolute Gasteiger partial charge is 0.318 e. The molecule has 0 unspecified atom stereocenters. The fourth-order valence-electron chi connectivity index (χ4n) is 3.56. The lowest BCUT2D eigenvalue weighted by atomic mass is 9.86. The van der Waals surface area contributed by atoms with Crippen LogP contribution in [0.5, 0.6) is 0 Å². The number of carbonyl (C=O) groups is 1. The van der Waals surface area contributed by atoms with Crippen molar-refractivity contribution in [1.82, 2.24) is 9.99 Å². The second-order valence-corrected chi connectivity index (χ2v) is 9.87. The predicted molar refractivity (Wildman–Crippen MR) is 132 cm³/mol. The summed E-state index contributed by atoms with van der Waals surface area (Å²) in [6.45, 7) is 12.7. The van der Waals surface area contributed by atoms with Gasteiger partial charge in [0.15, 0.2) is 0 Å². The minimum atomic E-state index is -0.129. The Morgan fingerprint density at radius 3 is 2.35 bits per heavy atom. The molecule has 0 saturated heterocycles. The monoisotopic (exact) mass is 479 g/mol. The van der Waals surface area contributed by atoms with Crippen molar-refractivity contribution in [2.75, 3.05) is 0 Å². The standard InChI is InChI=1S/C26H30BrN3O/c1-17-7-12-23(15-24(17)27)30-18(2)13-21(19(30)3)16-28-29-25(31)14-20-8-10-22(11-9-20)26(4,5)6/h7-13,15-16H,14H2,1-6H3,(H,29,31)/b28-16-. The van der Waals surface area contributed by atoms with Crippen molar-refractivity contribution in [1.29, 1.82) is 0 Å². The molecule has 0 bridgehead atoms. The number of aryl methyl sites for hydroxylation is 2. The van der Waals surface area contributed by atoms with Gasteiger partial charge in [0, 0.05) is 27.1 Å². The number of hydrogen-bond donors (Lipinski definition) is 1. The van der Waals surface area contributed by atoms with E-state index in [4.69, 9.17) is 0 Å². The number of carbonyl (C=O) groups excluding carboxylic acids is 1. The lowest BCUT2D eigenvalue weighted by Gasteiger charge is -2.19. The van der Waals surface area contributed by atoms with Gasteiger partial charge < -0.3 is 4.57 Å². The zero-order chi connectivity index (χ0) is 22.8. The number of rotatable bonds is 5. The maximum Gasteiger partial charge on any atom is 0.244 e. The van der Waals surface area contributed by atoms with Crippen LogP contribution in [0.4, 0.5) is 0 Å². The van der Waals surface area contributed by atoms with E-state index >= 15 is 0 Å². The van der Waals surface area contributed by atoms with Crippen LogP contribution in [0.3, 0.4) is 0 Å². The molecule has 0 aliphatic carbocycles. The Bertz CT molecular complexity index is 1120. The Morgan fingerprint density at radius 1 is 1.06 bits per heavy atom. The zero-order valence-corrected chi connectivity index (χ0v) is 20.7. The van der Waals surface area contributed by atoms with E-state index in [1.54, 1.807) is 6.21 Å². The van der Waals surface area contributed by atoms with Crippen LogP contribution in [0.15, 0.2) is 58.1 Å². The zero-order valence-electron chi connectivity index (χ0n) is 19.1. The van der Waals surface area contributed by atoms with Crippen molar-refractivity contribution in [2.24, 2.45) is 5.10 Å². The van der Waals surface area contributed by atoms with Crippen molar-refractivity contribution in [3.8, 4) is 5.69 Å². The van der Waals surface area contributed by atoms with Crippen LogP contribution in [-0.4, -0.2) is 16.7 Å². The number of halogens is 1. The molecule has 162 valence electrons. The molecule has 0 aliphatic heterocycles. The molecular weight excluding hydrogens is 450 g/mol. The third kappa shape index (κ3) is 5.53. The summed E-state index contributed by atoms with van der Waals surface area (Å²) in [4.78, 5) is 12.3. The van der Waals surface area contributed by atoms with E-state index in [-0.39, 0.29) is 11.3 Å². The van der Waals surface area contributed by atoms with Crippen LogP contribution in [0.2, 0.25) is 0 Å². The van der Waals surface area contributed by atoms with E-state index in [1.165, 1.54) is 11.1 Å². The molecule has 4 nitrogen and oxygen atoms in total. The quantitative estimate of drug-likeness (QED) is 0.345. The summed E-state index contributed by atoms with van der Waals surface area (Å²) in [6, 6.07) is 16.6. The Morgan fingerprint density at radius 2 is 1.74 bits per heavy atom. The highest BCUT2D eigenvalue weighted by atomic mass is 79.9. The number of nitrogens with one attached hydrogen (secondary N) is 1. The van der Waals surface area contributed by atoms with Crippen LogP contribution >= 0.6 is 15.9 Å². The van der Waals surface area contributed by atoms with Gasteiger partial charge in [-0.05, 0) is 61.1 Å². The first kappa shape index (κ1) is 23.0. The van der Waals surface area contributed by atoms with E-state index in [9.17, 15) is 4.79 Å². The summed E-state index contributed by atoms with van der Waals surface area (Å²) < 4.78 is 3.26. The van der Waals surface area contributed by atoms with Crippen LogP contribution in [0.25, 0.3) is 5.69 Å². The van der Waals surface area contributed by atoms with E-state index in [2.05, 4.69) is 109 Å². The van der Waals surface area contributed by atoms with Crippen molar-refractivity contribution >= 4 is 28.1 Å². The molecule has 1 N–H and O–H groups in total. The fraction of sp³-hybridized carbons (Fsp3) is 0.308. The number of aromatic nitrogens is 1. The minimum Gasteiger partial charge on any atom is -0.318 e. The summed E-state index contributed by atoms with van der Waals surface area (Å²) in [5.74, 6) is -0.129. The summed E-state index contributed by atoms with van der Waals surface area (Å²) in [7, 11) is 0. The van der Waals surface area contributed by atoms with E-state index in [0.717, 1.165) is 32.7 Å². The van der Waals surface area contributed by atoms with Gasteiger partial charge in [-0.2, -0.15) is 5.10 Å². The van der Waals surface area contributed by atoms with Gasteiger partial charge in [0.2, 0.25) is 5.91 Å². The summed E-state index contributed by atoms with van der Waals surface area (Å²) in [5, 5.41) is 4.19. The first-order chi connectivity index (χ1) is 14.6. The number of benzene rings is 2. The molecule has 3 rings (SSSR count). The summed E-state index contributed by atoms with van der Waals surface area (Å²) >= 11 is 3.61. The molecule has 1 aromatic heterocycles. The van der Waals surface area contributed by atoms with Crippen molar-refractivity contribution in [2.45, 2.75) is 53.4 Å². The van der Waals surface area contributed by atoms with Crippen LogP contribution in [0, 0.1) is 20.8 Å². The Balaban J connectivity index is 1.67. The number of nitrogens with zero attached hydrogens (tertiary/aromatic N) is 2. The Labute approximate surface area is 193 Å². The Hall–Kier alpha value is -2.66. The number of amides is 1. The highest BCUT2D eigenvalue weighted by Crippen LogP contribution is 2.25. The Kier molecular flexibility index (Phi) is 6.85. The molecule has 2 aromatic carbocycles. The van der Waals surface area contributed by atoms with E-state index in [0.29, 0.717) is 6.42 Å². The second kappa shape index (κ2) is 9.23. The van der Waals surface area contributed by atoms with Gasteiger partial charge in [0.25, 0.3) is 0 Å². The van der Waals surface area contributed by atoms with Gasteiger partial charge in [-0.1, -0.05) is 67.0 Å². The third-order valence-corrected chi connectivity index (χ3v) is 6.32. The molecule has 1 heterocycles. The van der Waals surface area contributed by atoms with Crippen LogP contribution in [-0.2, 0) is 16.6 Å². The molecule has 31 heavy (non-hydrogen) atoms. The SMILES string of the molecule is Cc1ccc(-n2c(C)cc(/C=N\NC(=O)Cc3ccc(C(C)(C)C)cc3)c2C)cc1Br. The van der Waals surface area contributed by atoms with Gasteiger partial charge in [-0.25, -0.2) is 5.43 Å². The van der Waals surface area contributed by atoms with Gasteiger partial charge in [-0.3, -0.25) is 4.79 Å². The molecule has 0 atom stereocenters. The molecule has 0 spiro atoms. The van der Waals surface area contributed by atoms with Gasteiger partial charge in [-0.15, -0.1) is 0 Å². The van der Waals surface area contributed by atoms with E-state index < -0.39 is 0 Å². The predicted octanol–water partition coefficient (Wildman–Crippen LogP) is 6.16. The second-order valence-electron chi connectivity index (χ2n) is 9.01. The van der Waals surface area contributed by atoms with E-state index in [1.807, 2.05) is 12.1 Å². The molecule has 0 radical (unpaired) electrons. The maximum atomic E-state index is 12.3. The van der Waals surface area contributed by atoms with Gasteiger partial charge >= 0.3 is 0 Å². The number of hydrogen-bond acceptors (Lipinski definition) is 2. The molecule has 0 aliphatic rings. The average molecular weight is 480 g/mol. The van der Waals surface area contributed by atoms with Gasteiger partial charge in [0.1, 0.15) is 0 Å². The van der Waals surface area contributed by atoms with Crippen molar-refractivity contribution < 1.29 is 4.79 Å². The van der Waals surface area contributed by atoms with Gasteiger partial charge in [0.05, 0.1) is 12.6 Å². The lowest BCUT2D eigenvalue weighted by Crippen LogP contribution is -2.20. The summed E-state index contributed by atoms with van der Waals surface area (Å²) in [5.41, 5.74) is 10.4. The third-order valence-electron chi connectivity index (χ3n) is 5.46. The first-order valence-corrected chi connectivity index (χ1v) is 11.2. The van der Waals surface area contributed by atoms with Crippen molar-refractivity contribution in [3.05, 3.63) is 86.6 Å². The summed E-state index contributed by atoms with van der Waals surface area (Å²) in [6.07, 6.45) is 2.01. The highest BCUT2D eigenvalue weighted by molar-refractivity contribution is 9.10. The highest BCUT2D eigenvalue weighted by Gasteiger charge is 2.13. The lowest BCUT2D eigenvalue weighted by molar-refractivity contribution is -0.120. The van der Waals surface area contributed by atoms with Crippen molar-refractivity contribution in [3.63, 3.8) is 0 Å². The molecule has 5 heteroatoms. The minimum absolute atomic E-state index is 0.103. The van der Waals surface area contributed by atoms with Crippen LogP contribution < -0.4 is 5.43 Å². The number of hydrazone groups is 1. The normalized spacial score (nSPS) is 11.8. The molecule has 0 saturated carbocycles. The van der Waals surface area contributed by atoms with Crippen LogP contribution in [0.1, 0.15) is 54.4 Å². The molecule has 0 fully saturated rings. The average Bonchev–Trinajstić information content (AvgIpc) is 2.97. The molecular formula is C26H30BrN3O. The molecule has 1 amide bonds. The molecule has 3 aromatic rings. The maximum absolute atomic E-state index is 12.3. The first-order valence-electron chi connectivity index (χ1n) is 10.4. The smallest absolute Gasteiger partial charge is 0.244 e.